The van der Waals surface area contributed by atoms with Crippen molar-refractivity contribution < 1.29 is 0 Å². The molecule has 0 saturated carbocycles. The Labute approximate surface area is 127 Å². The predicted molar refractivity (Wildman–Crippen MR) is 87.8 cm³/mol. The quantitative estimate of drug-likeness (QED) is 0.817. The molecule has 1 aromatic heterocycles. The second-order valence-electron chi connectivity index (χ2n) is 5.83. The fraction of sp³-hybridized carbons (Fsp3) is 0.800. The van der Waals surface area contributed by atoms with Gasteiger partial charge in [-0.3, -0.25) is 0 Å². The molecule has 1 N–H and O–H groups in total. The molecular formula is C15H28N4S. The van der Waals surface area contributed by atoms with E-state index < -0.39 is 0 Å². The first-order valence-corrected chi connectivity index (χ1v) is 8.51. The van der Waals surface area contributed by atoms with Crippen LogP contribution in [0.4, 0.5) is 5.13 Å². The van der Waals surface area contributed by atoms with Crippen LogP contribution in [0.15, 0.2) is 0 Å². The summed E-state index contributed by atoms with van der Waals surface area (Å²) in [4.78, 5) is 11.0. The number of aromatic nitrogens is 1. The van der Waals surface area contributed by atoms with Crippen molar-refractivity contribution in [3.8, 4) is 0 Å². The molecule has 5 heteroatoms. The topological polar surface area (TPSA) is 31.4 Å². The molecule has 0 aliphatic carbocycles. The second-order valence-corrected chi connectivity index (χ2v) is 6.89. The van der Waals surface area contributed by atoms with E-state index in [0.717, 1.165) is 13.1 Å². The molecule has 2 rings (SSSR count). The van der Waals surface area contributed by atoms with Crippen LogP contribution in [0.1, 0.15) is 36.8 Å². The van der Waals surface area contributed by atoms with Gasteiger partial charge in [-0.05, 0) is 52.9 Å². The molecule has 2 heterocycles. The van der Waals surface area contributed by atoms with E-state index in [-0.39, 0.29) is 0 Å². The van der Waals surface area contributed by atoms with Crippen molar-refractivity contribution in [3.63, 3.8) is 0 Å². The number of likely N-dealkylation sites (tertiary alicyclic amines) is 1. The third kappa shape index (κ3) is 3.93. The van der Waals surface area contributed by atoms with Gasteiger partial charge in [-0.2, -0.15) is 0 Å². The van der Waals surface area contributed by atoms with Crippen LogP contribution in [0.2, 0.25) is 0 Å². The number of thiazole rings is 1. The van der Waals surface area contributed by atoms with E-state index in [1.54, 1.807) is 0 Å². The summed E-state index contributed by atoms with van der Waals surface area (Å²) in [5, 5.41) is 4.66. The van der Waals surface area contributed by atoms with E-state index in [9.17, 15) is 0 Å². The van der Waals surface area contributed by atoms with Crippen molar-refractivity contribution in [2.24, 2.45) is 0 Å². The van der Waals surface area contributed by atoms with Gasteiger partial charge in [0.25, 0.3) is 0 Å². The molecule has 1 fully saturated rings. The molecule has 114 valence electrons. The lowest BCUT2D eigenvalue weighted by molar-refractivity contribution is 0.253. The van der Waals surface area contributed by atoms with Gasteiger partial charge in [0.15, 0.2) is 5.13 Å². The lowest BCUT2D eigenvalue weighted by Crippen LogP contribution is -2.41. The lowest BCUT2D eigenvalue weighted by Gasteiger charge is -2.34. The first-order chi connectivity index (χ1) is 9.61. The molecule has 1 aromatic rings. The van der Waals surface area contributed by atoms with Crippen LogP contribution in [0, 0.1) is 6.92 Å². The monoisotopic (exact) mass is 296 g/mol. The van der Waals surface area contributed by atoms with Gasteiger partial charge in [-0.1, -0.05) is 6.92 Å². The van der Waals surface area contributed by atoms with Crippen molar-refractivity contribution >= 4 is 16.5 Å². The predicted octanol–water partition coefficient (Wildman–Crippen LogP) is 2.48. The highest BCUT2D eigenvalue weighted by molar-refractivity contribution is 7.15. The highest BCUT2D eigenvalue weighted by atomic mass is 32.1. The molecular weight excluding hydrogens is 268 g/mol. The number of hydrogen-bond acceptors (Lipinski definition) is 5. The molecule has 4 nitrogen and oxygen atoms in total. The molecule has 0 spiro atoms. The summed E-state index contributed by atoms with van der Waals surface area (Å²) >= 11 is 1.85. The van der Waals surface area contributed by atoms with Crippen molar-refractivity contribution in [2.75, 3.05) is 38.6 Å². The maximum atomic E-state index is 4.77. The molecule has 0 radical (unpaired) electrons. The van der Waals surface area contributed by atoms with Crippen LogP contribution < -0.4 is 10.2 Å². The molecule has 20 heavy (non-hydrogen) atoms. The number of hydrogen-bond donors (Lipinski definition) is 1. The SMILES string of the molecule is CCCNCc1sc(N(C)C2CCN(C)CC2)nc1C. The third-order valence-corrected chi connectivity index (χ3v) is 5.38. The average Bonchev–Trinajstić information content (AvgIpc) is 2.81. The van der Waals surface area contributed by atoms with E-state index in [1.165, 1.54) is 48.1 Å². The molecule has 0 bridgehead atoms. The van der Waals surface area contributed by atoms with E-state index >= 15 is 0 Å². The van der Waals surface area contributed by atoms with Crippen molar-refractivity contribution in [2.45, 2.75) is 45.7 Å². The zero-order valence-electron chi connectivity index (χ0n) is 13.3. The number of anilines is 1. The van der Waals surface area contributed by atoms with Gasteiger partial charge in [0, 0.05) is 24.5 Å². The van der Waals surface area contributed by atoms with Crippen LogP contribution in [0.5, 0.6) is 0 Å². The molecule has 0 unspecified atom stereocenters. The second kappa shape index (κ2) is 7.38. The summed E-state index contributed by atoms with van der Waals surface area (Å²) in [5.74, 6) is 0. The number of nitrogens with zero attached hydrogens (tertiary/aromatic N) is 3. The summed E-state index contributed by atoms with van der Waals surface area (Å²) in [5.41, 5.74) is 1.19. The van der Waals surface area contributed by atoms with Gasteiger partial charge in [-0.15, -0.1) is 11.3 Å². The van der Waals surface area contributed by atoms with Crippen LogP contribution >= 0.6 is 11.3 Å². The van der Waals surface area contributed by atoms with Gasteiger partial charge >= 0.3 is 0 Å². The molecule has 0 aromatic carbocycles. The maximum absolute atomic E-state index is 4.77. The van der Waals surface area contributed by atoms with E-state index in [0.29, 0.717) is 6.04 Å². The van der Waals surface area contributed by atoms with Gasteiger partial charge in [0.1, 0.15) is 0 Å². The standard InChI is InChI=1S/C15H28N4S/c1-5-8-16-11-14-12(2)17-15(20-14)19(4)13-6-9-18(3)10-7-13/h13,16H,5-11H2,1-4H3. The highest BCUT2D eigenvalue weighted by Gasteiger charge is 2.23. The lowest BCUT2D eigenvalue weighted by atomic mass is 10.0. The summed E-state index contributed by atoms with van der Waals surface area (Å²) < 4.78 is 0. The van der Waals surface area contributed by atoms with Gasteiger partial charge < -0.3 is 15.1 Å². The van der Waals surface area contributed by atoms with Gasteiger partial charge in [-0.25, -0.2) is 4.98 Å². The Morgan fingerprint density at radius 1 is 1.40 bits per heavy atom. The van der Waals surface area contributed by atoms with Crippen LogP contribution in [-0.2, 0) is 6.54 Å². The normalized spacial score (nSPS) is 17.6. The zero-order valence-corrected chi connectivity index (χ0v) is 14.1. The first kappa shape index (κ1) is 15.7. The molecule has 0 atom stereocenters. The minimum atomic E-state index is 0.646. The molecule has 1 aliphatic heterocycles. The van der Waals surface area contributed by atoms with E-state index in [1.807, 2.05) is 11.3 Å². The fourth-order valence-corrected chi connectivity index (χ4v) is 3.71. The Bertz CT molecular complexity index is 410. The number of aryl methyl sites for hydroxylation is 1. The smallest absolute Gasteiger partial charge is 0.185 e. The Balaban J connectivity index is 1.96. The minimum absolute atomic E-state index is 0.646. The van der Waals surface area contributed by atoms with Crippen LogP contribution in [0.25, 0.3) is 0 Å². The Morgan fingerprint density at radius 2 is 2.10 bits per heavy atom. The van der Waals surface area contributed by atoms with Gasteiger partial charge in [0.05, 0.1) is 5.69 Å². The molecule has 1 aliphatic rings. The summed E-state index contributed by atoms with van der Waals surface area (Å²) in [7, 11) is 4.42. The fourth-order valence-electron chi connectivity index (χ4n) is 2.64. The summed E-state index contributed by atoms with van der Waals surface area (Å²) in [6.07, 6.45) is 3.67. The van der Waals surface area contributed by atoms with Gasteiger partial charge in [0.2, 0.25) is 0 Å². The summed E-state index contributed by atoms with van der Waals surface area (Å²) in [6.45, 7) is 8.77. The van der Waals surface area contributed by atoms with Crippen LogP contribution in [0.3, 0.4) is 0 Å². The number of piperidine rings is 1. The average molecular weight is 296 g/mol. The van der Waals surface area contributed by atoms with Crippen LogP contribution in [-0.4, -0.2) is 49.7 Å². The van der Waals surface area contributed by atoms with Crippen molar-refractivity contribution in [1.29, 1.82) is 0 Å². The number of rotatable bonds is 6. The summed E-state index contributed by atoms with van der Waals surface area (Å²) in [6, 6.07) is 0.646. The largest absolute Gasteiger partial charge is 0.348 e. The number of nitrogens with one attached hydrogen (secondary N) is 1. The van der Waals surface area contributed by atoms with Crippen molar-refractivity contribution in [3.05, 3.63) is 10.6 Å². The maximum Gasteiger partial charge on any atom is 0.185 e. The molecule has 1 saturated heterocycles. The minimum Gasteiger partial charge on any atom is -0.348 e. The van der Waals surface area contributed by atoms with E-state index in [4.69, 9.17) is 4.98 Å². The van der Waals surface area contributed by atoms with E-state index in [2.05, 4.69) is 43.1 Å². The van der Waals surface area contributed by atoms with Crippen molar-refractivity contribution in [1.82, 2.24) is 15.2 Å². The third-order valence-electron chi connectivity index (χ3n) is 4.13. The molecule has 0 amide bonds. The highest BCUT2D eigenvalue weighted by Crippen LogP contribution is 2.28. The Kier molecular flexibility index (Phi) is 5.81. The Hall–Kier alpha value is -0.650. The Morgan fingerprint density at radius 3 is 2.75 bits per heavy atom. The first-order valence-electron chi connectivity index (χ1n) is 7.70. The zero-order chi connectivity index (χ0) is 14.5.